The lowest BCUT2D eigenvalue weighted by Gasteiger charge is -2.08. The third-order valence-electron chi connectivity index (χ3n) is 3.49. The van der Waals surface area contributed by atoms with E-state index in [9.17, 15) is 4.79 Å². The molecule has 2 aromatic carbocycles. The van der Waals surface area contributed by atoms with E-state index in [-0.39, 0.29) is 11.7 Å². The number of hydrogen-bond donors (Lipinski definition) is 1. The normalized spacial score (nSPS) is 10.7. The number of aromatic nitrogens is 2. The highest BCUT2D eigenvalue weighted by Gasteiger charge is 2.13. The predicted molar refractivity (Wildman–Crippen MR) is 103 cm³/mol. The molecule has 0 unspecified atom stereocenters. The number of nitrogens with zero attached hydrogens (tertiary/aromatic N) is 2. The highest BCUT2D eigenvalue weighted by atomic mass is 79.9. The second kappa shape index (κ2) is 7.84. The van der Waals surface area contributed by atoms with Gasteiger partial charge in [-0.15, -0.1) is 10.2 Å². The molecule has 128 valence electrons. The van der Waals surface area contributed by atoms with Gasteiger partial charge in [-0.25, -0.2) is 0 Å². The first-order valence-corrected chi connectivity index (χ1v) is 9.39. The molecule has 1 N–H and O–H groups in total. The van der Waals surface area contributed by atoms with Crippen molar-refractivity contribution in [1.29, 1.82) is 0 Å². The van der Waals surface area contributed by atoms with Crippen LogP contribution < -0.4 is 5.32 Å². The van der Waals surface area contributed by atoms with Gasteiger partial charge in [0.05, 0.1) is 11.3 Å². The second-order valence-electron chi connectivity index (χ2n) is 5.51. The first kappa shape index (κ1) is 17.7. The zero-order chi connectivity index (χ0) is 17.8. The van der Waals surface area contributed by atoms with Gasteiger partial charge in [0.1, 0.15) is 0 Å². The van der Waals surface area contributed by atoms with E-state index in [0.29, 0.717) is 11.1 Å². The second-order valence-corrected chi connectivity index (χ2v) is 7.29. The van der Waals surface area contributed by atoms with Crippen LogP contribution in [0.4, 0.5) is 5.69 Å². The predicted octanol–water partition coefficient (Wildman–Crippen LogP) is 4.85. The zero-order valence-corrected chi connectivity index (χ0v) is 16.1. The summed E-state index contributed by atoms with van der Waals surface area (Å²) < 4.78 is 6.50. The molecule has 3 aromatic rings. The summed E-state index contributed by atoms with van der Waals surface area (Å²) in [6.45, 7) is 3.99. The van der Waals surface area contributed by atoms with Crippen LogP contribution in [-0.2, 0) is 4.79 Å². The third kappa shape index (κ3) is 4.49. The Balaban J connectivity index is 1.60. The summed E-state index contributed by atoms with van der Waals surface area (Å²) in [6, 6.07) is 13.5. The van der Waals surface area contributed by atoms with Crippen molar-refractivity contribution in [2.24, 2.45) is 0 Å². The number of nitrogens with one attached hydrogen (secondary N) is 1. The van der Waals surface area contributed by atoms with Crippen LogP contribution in [0.2, 0.25) is 0 Å². The Morgan fingerprint density at radius 1 is 1.20 bits per heavy atom. The molecular weight excluding hydrogens is 402 g/mol. The van der Waals surface area contributed by atoms with Crippen molar-refractivity contribution in [3.8, 4) is 11.5 Å². The minimum absolute atomic E-state index is 0.113. The molecule has 0 fully saturated rings. The van der Waals surface area contributed by atoms with E-state index in [1.165, 1.54) is 11.8 Å². The summed E-state index contributed by atoms with van der Waals surface area (Å²) in [5, 5.41) is 11.3. The molecule has 1 amide bonds. The Morgan fingerprint density at radius 3 is 2.76 bits per heavy atom. The number of aryl methyl sites for hydroxylation is 2. The number of carbonyl (C=O) groups is 1. The number of anilines is 1. The number of halogens is 1. The monoisotopic (exact) mass is 417 g/mol. The maximum absolute atomic E-state index is 12.1. The van der Waals surface area contributed by atoms with Crippen molar-refractivity contribution in [2.45, 2.75) is 19.1 Å². The number of carbonyl (C=O) groups excluding carboxylic acids is 1. The molecule has 7 heteroatoms. The molecule has 0 atom stereocenters. The molecule has 1 heterocycles. The van der Waals surface area contributed by atoms with Gasteiger partial charge in [-0.1, -0.05) is 41.6 Å². The lowest BCUT2D eigenvalue weighted by Crippen LogP contribution is -2.14. The number of amides is 1. The number of hydrogen-bond acceptors (Lipinski definition) is 5. The van der Waals surface area contributed by atoms with E-state index in [1.807, 2.05) is 56.3 Å². The van der Waals surface area contributed by atoms with E-state index in [4.69, 9.17) is 4.42 Å². The lowest BCUT2D eigenvalue weighted by molar-refractivity contribution is -0.113. The van der Waals surface area contributed by atoms with E-state index in [0.717, 1.165) is 26.9 Å². The van der Waals surface area contributed by atoms with Gasteiger partial charge in [0, 0.05) is 10.2 Å². The molecule has 0 aliphatic carbocycles. The Kier molecular flexibility index (Phi) is 5.55. The third-order valence-corrected chi connectivity index (χ3v) is 5.00. The van der Waals surface area contributed by atoms with Crippen LogP contribution in [0.1, 0.15) is 11.1 Å². The van der Waals surface area contributed by atoms with E-state index >= 15 is 0 Å². The highest BCUT2D eigenvalue weighted by molar-refractivity contribution is 9.10. The van der Waals surface area contributed by atoms with Crippen molar-refractivity contribution in [3.63, 3.8) is 0 Å². The van der Waals surface area contributed by atoms with Gasteiger partial charge in [-0.3, -0.25) is 4.79 Å². The molecule has 0 radical (unpaired) electrons. The standard InChI is InChI=1S/C18H16BrN3O2S/c1-11-7-8-15(12(2)9-11)20-16(23)10-25-18-22-21-17(24-18)13-5-3-4-6-14(13)19/h3-9H,10H2,1-2H3,(H,20,23). The first-order chi connectivity index (χ1) is 12.0. The van der Waals surface area contributed by atoms with Crippen LogP contribution in [0.15, 0.2) is 56.6 Å². The van der Waals surface area contributed by atoms with Gasteiger partial charge in [0.2, 0.25) is 11.8 Å². The Hall–Kier alpha value is -2.12. The maximum atomic E-state index is 12.1. The van der Waals surface area contributed by atoms with Gasteiger partial charge in [-0.2, -0.15) is 0 Å². The molecule has 0 saturated heterocycles. The molecule has 25 heavy (non-hydrogen) atoms. The molecule has 1 aromatic heterocycles. The van der Waals surface area contributed by atoms with Gasteiger partial charge >= 0.3 is 0 Å². The number of thioether (sulfide) groups is 1. The maximum Gasteiger partial charge on any atom is 0.277 e. The van der Waals surface area contributed by atoms with E-state index in [2.05, 4.69) is 31.4 Å². The van der Waals surface area contributed by atoms with Gasteiger partial charge in [0.25, 0.3) is 5.22 Å². The zero-order valence-electron chi connectivity index (χ0n) is 13.7. The molecule has 0 aliphatic heterocycles. The van der Waals surface area contributed by atoms with Crippen LogP contribution in [0.3, 0.4) is 0 Å². The van der Waals surface area contributed by atoms with Crippen LogP contribution >= 0.6 is 27.7 Å². The summed E-state index contributed by atoms with van der Waals surface area (Å²) in [5.41, 5.74) is 3.83. The van der Waals surface area contributed by atoms with Crippen molar-refractivity contribution < 1.29 is 9.21 Å². The Morgan fingerprint density at radius 2 is 2.00 bits per heavy atom. The Bertz CT molecular complexity index is 911. The number of rotatable bonds is 5. The lowest BCUT2D eigenvalue weighted by atomic mass is 10.1. The minimum atomic E-state index is -0.113. The molecule has 0 bridgehead atoms. The Labute approximate surface area is 158 Å². The SMILES string of the molecule is Cc1ccc(NC(=O)CSc2nnc(-c3ccccc3Br)o2)c(C)c1. The molecular formula is C18H16BrN3O2S. The van der Waals surface area contributed by atoms with Crippen LogP contribution in [0.5, 0.6) is 0 Å². The van der Waals surface area contributed by atoms with E-state index < -0.39 is 0 Å². The summed E-state index contributed by atoms with van der Waals surface area (Å²) in [7, 11) is 0. The van der Waals surface area contributed by atoms with Crippen molar-refractivity contribution in [3.05, 3.63) is 58.1 Å². The summed E-state index contributed by atoms with van der Waals surface area (Å²) in [4.78, 5) is 12.1. The summed E-state index contributed by atoms with van der Waals surface area (Å²) >= 11 is 4.67. The molecule has 0 aliphatic rings. The van der Waals surface area contributed by atoms with Crippen LogP contribution in [-0.4, -0.2) is 21.9 Å². The van der Waals surface area contributed by atoms with Crippen molar-refractivity contribution in [1.82, 2.24) is 10.2 Å². The summed E-state index contributed by atoms with van der Waals surface area (Å²) in [5.74, 6) is 0.507. The van der Waals surface area contributed by atoms with Gasteiger partial charge in [-0.05, 0) is 53.5 Å². The molecule has 0 spiro atoms. The fourth-order valence-corrected chi connectivity index (χ4v) is 3.30. The molecule has 0 saturated carbocycles. The molecule has 3 rings (SSSR count). The fourth-order valence-electron chi connectivity index (χ4n) is 2.28. The quantitative estimate of drug-likeness (QED) is 0.601. The topological polar surface area (TPSA) is 68.0 Å². The first-order valence-electron chi connectivity index (χ1n) is 7.61. The highest BCUT2D eigenvalue weighted by Crippen LogP contribution is 2.29. The molecule has 5 nitrogen and oxygen atoms in total. The van der Waals surface area contributed by atoms with Crippen LogP contribution in [0, 0.1) is 13.8 Å². The minimum Gasteiger partial charge on any atom is -0.411 e. The van der Waals surface area contributed by atoms with Gasteiger partial charge in [0.15, 0.2) is 0 Å². The fraction of sp³-hybridized carbons (Fsp3) is 0.167. The van der Waals surface area contributed by atoms with Crippen molar-refractivity contribution in [2.75, 3.05) is 11.1 Å². The average molecular weight is 418 g/mol. The van der Waals surface area contributed by atoms with Gasteiger partial charge < -0.3 is 9.73 Å². The van der Waals surface area contributed by atoms with E-state index in [1.54, 1.807) is 0 Å². The smallest absolute Gasteiger partial charge is 0.277 e. The van der Waals surface area contributed by atoms with Crippen LogP contribution in [0.25, 0.3) is 11.5 Å². The van der Waals surface area contributed by atoms with Crippen molar-refractivity contribution >= 4 is 39.3 Å². The number of benzene rings is 2. The average Bonchev–Trinajstić information content (AvgIpc) is 3.05. The summed E-state index contributed by atoms with van der Waals surface area (Å²) in [6.07, 6.45) is 0. The largest absolute Gasteiger partial charge is 0.411 e.